The second kappa shape index (κ2) is 19.8. The third-order valence-electron chi connectivity index (χ3n) is 4.47. The molecule has 0 fully saturated rings. The van der Waals surface area contributed by atoms with E-state index in [1.807, 2.05) is 0 Å². The minimum Gasteiger partial charge on any atom is -0.481 e. The molecule has 0 aromatic heterocycles. The summed E-state index contributed by atoms with van der Waals surface area (Å²) in [6.45, 7) is 5.50. The fourth-order valence-corrected chi connectivity index (χ4v) is 3.31. The van der Waals surface area contributed by atoms with E-state index < -0.39 is 33.7 Å². The zero-order valence-corrected chi connectivity index (χ0v) is 21.0. The Bertz CT molecular complexity index is 524. The van der Waals surface area contributed by atoms with Gasteiger partial charge in [0.2, 0.25) is 0 Å². The zero-order chi connectivity index (χ0) is 22.7. The van der Waals surface area contributed by atoms with Crippen molar-refractivity contribution in [3.05, 3.63) is 0 Å². The molecule has 3 N–H and O–H groups in total. The van der Waals surface area contributed by atoms with Crippen molar-refractivity contribution < 1.29 is 37.5 Å². The van der Waals surface area contributed by atoms with Crippen LogP contribution in [0.4, 0.5) is 0 Å². The summed E-state index contributed by atoms with van der Waals surface area (Å²) >= 11 is 1.19. The number of ether oxygens (including phenoxy) is 1. The molecule has 0 spiro atoms. The van der Waals surface area contributed by atoms with Crippen molar-refractivity contribution in [1.82, 2.24) is 0 Å². The van der Waals surface area contributed by atoms with Crippen LogP contribution in [0.1, 0.15) is 90.9 Å². The summed E-state index contributed by atoms with van der Waals surface area (Å²) in [7, 11) is -4.84. The van der Waals surface area contributed by atoms with Crippen LogP contribution in [0.3, 0.4) is 0 Å². The molecule has 0 saturated heterocycles. The summed E-state index contributed by atoms with van der Waals surface area (Å²) < 4.78 is 35.0. The fourth-order valence-electron chi connectivity index (χ4n) is 2.47. The topological polar surface area (TPSA) is 138 Å². The average Bonchev–Trinajstić information content (AvgIpc) is 2.63. The summed E-state index contributed by atoms with van der Waals surface area (Å²) in [6, 6.07) is 0. The van der Waals surface area contributed by atoms with Gasteiger partial charge in [-0.1, -0.05) is 13.3 Å². The number of aliphatic carboxylic acids is 2. The first-order valence-electron chi connectivity index (χ1n) is 10.6. The first-order valence-corrected chi connectivity index (χ1v) is 13.2. The Morgan fingerprint density at radius 3 is 1.66 bits per heavy atom. The molecule has 0 heterocycles. The Kier molecular flexibility index (Phi) is 21.1. The van der Waals surface area contributed by atoms with Crippen molar-refractivity contribution in [1.29, 1.82) is 0 Å². The molecule has 10 heteroatoms. The van der Waals surface area contributed by atoms with Crippen LogP contribution in [0.15, 0.2) is 0 Å². The summed E-state index contributed by atoms with van der Waals surface area (Å²) in [5, 5.41) is 13.9. The first-order chi connectivity index (χ1) is 13.6. The second-order valence-corrected chi connectivity index (χ2v) is 10.1. The van der Waals surface area contributed by atoms with E-state index >= 15 is 0 Å². The van der Waals surface area contributed by atoms with Gasteiger partial charge >= 0.3 is 126 Å². The number of hydrogen-bond donors (Lipinski definition) is 3. The van der Waals surface area contributed by atoms with Crippen molar-refractivity contribution >= 4 is 50.0 Å². The number of rotatable bonds is 17. The third-order valence-corrected chi connectivity index (χ3v) is 6.71. The van der Waals surface area contributed by atoms with Crippen LogP contribution >= 0.6 is 0 Å². The van der Waals surface area contributed by atoms with Gasteiger partial charge in [0.25, 0.3) is 10.1 Å². The Morgan fingerprint density at radius 1 is 0.897 bits per heavy atom. The Labute approximate surface area is 193 Å². The zero-order valence-electron chi connectivity index (χ0n) is 18.1. The number of unbranched alkanes of at least 4 members (excludes halogenated alkanes) is 9. The molecule has 0 bridgehead atoms. The summed E-state index contributed by atoms with van der Waals surface area (Å²) in [5.41, 5.74) is 0. The first kappa shape index (κ1) is 31.0. The largest absolute Gasteiger partial charge is 0.481 e. The molecule has 0 aromatic carbocycles. The third kappa shape index (κ3) is 22.3. The van der Waals surface area contributed by atoms with E-state index in [4.69, 9.17) is 19.5 Å². The number of carboxylic acids is 2. The summed E-state index contributed by atoms with van der Waals surface area (Å²) in [5.74, 6) is -3.50. The van der Waals surface area contributed by atoms with E-state index in [-0.39, 0.29) is 0 Å². The Balaban J connectivity index is 0. The van der Waals surface area contributed by atoms with Gasteiger partial charge in [-0.05, 0) is 0 Å². The monoisotopic (exact) mass is 448 g/mol. The van der Waals surface area contributed by atoms with Gasteiger partial charge in [-0.3, -0.25) is 14.1 Å². The van der Waals surface area contributed by atoms with Gasteiger partial charge in [0, 0.05) is 0 Å². The molecule has 29 heavy (non-hydrogen) atoms. The normalized spacial score (nSPS) is 13.3. The van der Waals surface area contributed by atoms with Crippen LogP contribution in [0.5, 0.6) is 0 Å². The van der Waals surface area contributed by atoms with Gasteiger partial charge in [0.15, 0.2) is 5.25 Å². The molecule has 2 atom stereocenters. The maximum Gasteiger partial charge on any atom is 0.325 e. The minimum atomic E-state index is -4.84. The summed E-state index contributed by atoms with van der Waals surface area (Å²) in [6.07, 6.45) is 14.1. The van der Waals surface area contributed by atoms with Gasteiger partial charge in [-0.2, -0.15) is 8.42 Å². The molecule has 0 radical (unpaired) electrons. The van der Waals surface area contributed by atoms with Crippen molar-refractivity contribution in [2.75, 3.05) is 6.61 Å². The molecule has 8 nitrogen and oxygen atoms in total. The van der Waals surface area contributed by atoms with E-state index in [0.29, 0.717) is 3.35 Å². The number of hydrogen-bond acceptors (Lipinski definition) is 5. The predicted molar refractivity (Wildman–Crippen MR) is 113 cm³/mol. The van der Waals surface area contributed by atoms with Gasteiger partial charge in [0.05, 0.1) is 6.42 Å². The maximum atomic E-state index is 10.2. The van der Waals surface area contributed by atoms with Crippen molar-refractivity contribution in [2.24, 2.45) is 0 Å². The van der Waals surface area contributed by atoms with Crippen LogP contribution in [-0.2, 0) is 24.4 Å². The maximum absolute atomic E-state index is 10.2. The standard InChI is InChI=1S/C15H31O.C4H6O7S.Na/c1-3-5-6-7-8-9-10-11-12-13-15-16-14-4-2;5-3(6)1-2(4(7)8)12(9,10)11;/h14H,3-13,15H2,1-2H3;2H,1H2,(H,5,6)(H,7,8)(H,9,10,11);. The molecule has 0 rings (SSSR count). The van der Waals surface area contributed by atoms with E-state index in [1.54, 1.807) is 0 Å². The average molecular weight is 449 g/mol. The van der Waals surface area contributed by atoms with Gasteiger partial charge < -0.3 is 10.2 Å². The van der Waals surface area contributed by atoms with Crippen LogP contribution in [0.2, 0.25) is 0 Å². The van der Waals surface area contributed by atoms with E-state index in [0.717, 1.165) is 6.61 Å². The summed E-state index contributed by atoms with van der Waals surface area (Å²) in [4.78, 5) is 20.0. The van der Waals surface area contributed by atoms with Crippen molar-refractivity contribution in [3.8, 4) is 0 Å². The predicted octanol–water partition coefficient (Wildman–Crippen LogP) is 3.63. The van der Waals surface area contributed by atoms with Gasteiger partial charge in [-0.15, -0.1) is 0 Å². The SMILES string of the molecule is CCCCCCCCCCCCO[CH]([Na])CC.O=C(O)CC(C(=O)O)S(=O)(=O)O. The van der Waals surface area contributed by atoms with E-state index in [9.17, 15) is 18.0 Å². The molecule has 0 aliphatic heterocycles. The molecule has 0 aromatic rings. The van der Waals surface area contributed by atoms with E-state index in [1.165, 1.54) is 98.6 Å². The van der Waals surface area contributed by atoms with Crippen molar-refractivity contribution in [3.63, 3.8) is 0 Å². The molecule has 0 aliphatic rings. The van der Waals surface area contributed by atoms with Crippen LogP contribution in [-0.4, -0.2) is 78.3 Å². The quantitative estimate of drug-likeness (QED) is 0.174. The van der Waals surface area contributed by atoms with E-state index in [2.05, 4.69) is 13.8 Å². The van der Waals surface area contributed by atoms with Gasteiger partial charge in [0.1, 0.15) is 0 Å². The second-order valence-electron chi connectivity index (χ2n) is 7.21. The smallest absolute Gasteiger partial charge is 0.325 e. The Hall–Kier alpha value is -0.190. The van der Waals surface area contributed by atoms with Crippen LogP contribution < -0.4 is 0 Å². The van der Waals surface area contributed by atoms with Gasteiger partial charge in [-0.25, -0.2) is 0 Å². The van der Waals surface area contributed by atoms with Crippen LogP contribution in [0, 0.1) is 0 Å². The molecule has 168 valence electrons. The molecular formula is C19H37NaO8S. The fraction of sp³-hybridized carbons (Fsp3) is 0.895. The van der Waals surface area contributed by atoms with Crippen LogP contribution in [0.25, 0.3) is 0 Å². The number of carboxylic acid groups (broad SMARTS) is 2. The number of carbonyl (C=O) groups is 2. The molecule has 0 aliphatic carbocycles. The van der Waals surface area contributed by atoms with Crippen molar-refractivity contribution in [2.45, 2.75) is 99.5 Å². The molecule has 2 unspecified atom stereocenters. The molecule has 0 amide bonds. The molecule has 0 saturated carbocycles. The Morgan fingerprint density at radius 2 is 1.34 bits per heavy atom. The minimum absolute atomic E-state index is 0.591. The molecular weight excluding hydrogens is 411 g/mol.